The Kier molecular flexibility index (Phi) is 7.70. The fourth-order valence-corrected chi connectivity index (χ4v) is 2.97. The van der Waals surface area contributed by atoms with Crippen molar-refractivity contribution in [2.24, 2.45) is 12.0 Å². The van der Waals surface area contributed by atoms with E-state index in [0.29, 0.717) is 25.6 Å². The number of hydrogen-bond donors (Lipinski definition) is 2. The zero-order valence-electron chi connectivity index (χ0n) is 17.5. The van der Waals surface area contributed by atoms with Gasteiger partial charge in [-0.1, -0.05) is 32.0 Å². The van der Waals surface area contributed by atoms with E-state index in [2.05, 4.69) is 55.6 Å². The fourth-order valence-electron chi connectivity index (χ4n) is 2.97. The number of ether oxygens (including phenoxy) is 1. The van der Waals surface area contributed by atoms with Crippen molar-refractivity contribution in [2.45, 2.75) is 47.1 Å². The van der Waals surface area contributed by atoms with Gasteiger partial charge < -0.3 is 15.4 Å². The predicted octanol–water partition coefficient (Wildman–Crippen LogP) is 3.29. The topological polar surface area (TPSA) is 63.5 Å². The third-order valence-electron chi connectivity index (χ3n) is 4.59. The molecule has 2 aromatic rings. The molecule has 148 valence electrons. The number of nitrogens with zero attached hydrogens (tertiary/aromatic N) is 3. The number of aliphatic imine (C=N–C) groups is 1. The summed E-state index contributed by atoms with van der Waals surface area (Å²) in [5.74, 6) is 2.19. The predicted molar refractivity (Wildman–Crippen MR) is 112 cm³/mol. The summed E-state index contributed by atoms with van der Waals surface area (Å²) in [7, 11) is 1.96. The van der Waals surface area contributed by atoms with Crippen LogP contribution in [-0.4, -0.2) is 35.4 Å². The standard InChI is InChI=1S/C21H33N5O/c1-7-22-21(24-14-19-16(4)25-26(6)17(19)5)23-12-13-27-20-11-9-8-10-18(20)15(2)3/h8-11,15H,7,12-14H2,1-6H3,(H2,22,23,24). The van der Waals surface area contributed by atoms with Crippen molar-refractivity contribution in [3.8, 4) is 5.75 Å². The zero-order chi connectivity index (χ0) is 19.8. The van der Waals surface area contributed by atoms with Crippen LogP contribution in [0.25, 0.3) is 0 Å². The molecule has 0 saturated heterocycles. The molecule has 2 rings (SSSR count). The summed E-state index contributed by atoms with van der Waals surface area (Å²) >= 11 is 0. The van der Waals surface area contributed by atoms with Crippen LogP contribution in [0.4, 0.5) is 0 Å². The Balaban J connectivity index is 1.91. The molecule has 6 heteroatoms. The lowest BCUT2D eigenvalue weighted by molar-refractivity contribution is 0.317. The molecule has 27 heavy (non-hydrogen) atoms. The summed E-state index contributed by atoms with van der Waals surface area (Å²) in [6.07, 6.45) is 0. The molecule has 0 saturated carbocycles. The summed E-state index contributed by atoms with van der Waals surface area (Å²) in [6.45, 7) is 13.2. The second-order valence-corrected chi connectivity index (χ2v) is 6.94. The van der Waals surface area contributed by atoms with Crippen molar-refractivity contribution in [3.63, 3.8) is 0 Å². The van der Waals surface area contributed by atoms with E-state index >= 15 is 0 Å². The van der Waals surface area contributed by atoms with Gasteiger partial charge in [0.15, 0.2) is 5.96 Å². The highest BCUT2D eigenvalue weighted by atomic mass is 16.5. The quantitative estimate of drug-likeness (QED) is 0.425. The number of para-hydroxylation sites is 1. The summed E-state index contributed by atoms with van der Waals surface area (Å²) in [6, 6.07) is 8.22. The molecule has 0 radical (unpaired) electrons. The molecule has 0 unspecified atom stereocenters. The van der Waals surface area contributed by atoms with Gasteiger partial charge in [-0.2, -0.15) is 5.10 Å². The molecule has 1 aromatic carbocycles. The fraction of sp³-hybridized carbons (Fsp3) is 0.524. The molecule has 0 amide bonds. The summed E-state index contributed by atoms with van der Waals surface area (Å²) in [5.41, 5.74) is 4.60. The molecule has 0 atom stereocenters. The monoisotopic (exact) mass is 371 g/mol. The van der Waals surface area contributed by atoms with Crippen molar-refractivity contribution in [1.82, 2.24) is 20.4 Å². The maximum absolute atomic E-state index is 5.97. The Morgan fingerprint density at radius 1 is 1.22 bits per heavy atom. The van der Waals surface area contributed by atoms with Crippen LogP contribution in [-0.2, 0) is 13.6 Å². The minimum absolute atomic E-state index is 0.444. The Bertz CT molecular complexity index is 764. The van der Waals surface area contributed by atoms with Crippen LogP contribution < -0.4 is 15.4 Å². The van der Waals surface area contributed by atoms with Gasteiger partial charge in [0.1, 0.15) is 12.4 Å². The number of nitrogens with one attached hydrogen (secondary N) is 2. The van der Waals surface area contributed by atoms with Crippen LogP contribution in [0.3, 0.4) is 0 Å². The van der Waals surface area contributed by atoms with Gasteiger partial charge in [0.2, 0.25) is 0 Å². The number of aromatic nitrogens is 2. The van der Waals surface area contributed by atoms with Crippen LogP contribution in [0.1, 0.15) is 49.2 Å². The number of rotatable bonds is 8. The molecular formula is C21H33N5O. The zero-order valence-corrected chi connectivity index (χ0v) is 17.5. The van der Waals surface area contributed by atoms with Crippen molar-refractivity contribution < 1.29 is 4.74 Å². The smallest absolute Gasteiger partial charge is 0.191 e. The van der Waals surface area contributed by atoms with Crippen LogP contribution >= 0.6 is 0 Å². The Morgan fingerprint density at radius 2 is 1.96 bits per heavy atom. The van der Waals surface area contributed by atoms with Gasteiger partial charge in [-0.3, -0.25) is 4.68 Å². The van der Waals surface area contributed by atoms with Gasteiger partial charge in [-0.25, -0.2) is 4.99 Å². The first kappa shape index (κ1) is 20.8. The molecule has 0 spiro atoms. The van der Waals surface area contributed by atoms with Gasteiger partial charge in [0, 0.05) is 24.8 Å². The van der Waals surface area contributed by atoms with E-state index in [1.165, 1.54) is 11.1 Å². The van der Waals surface area contributed by atoms with Crippen LogP contribution in [0, 0.1) is 13.8 Å². The van der Waals surface area contributed by atoms with Crippen molar-refractivity contribution in [3.05, 3.63) is 46.8 Å². The van der Waals surface area contributed by atoms with Gasteiger partial charge in [0.05, 0.1) is 18.8 Å². The van der Waals surface area contributed by atoms with Crippen molar-refractivity contribution in [1.29, 1.82) is 0 Å². The average molecular weight is 372 g/mol. The van der Waals surface area contributed by atoms with E-state index in [0.717, 1.165) is 29.6 Å². The molecule has 0 aliphatic heterocycles. The van der Waals surface area contributed by atoms with Gasteiger partial charge >= 0.3 is 0 Å². The number of aryl methyl sites for hydroxylation is 2. The SMILES string of the molecule is CCNC(=NCc1c(C)nn(C)c1C)NCCOc1ccccc1C(C)C. The summed E-state index contributed by atoms with van der Waals surface area (Å²) in [4.78, 5) is 4.69. The minimum Gasteiger partial charge on any atom is -0.491 e. The molecule has 0 fully saturated rings. The maximum Gasteiger partial charge on any atom is 0.191 e. The van der Waals surface area contributed by atoms with Crippen molar-refractivity contribution >= 4 is 5.96 Å². The highest BCUT2D eigenvalue weighted by molar-refractivity contribution is 5.79. The lowest BCUT2D eigenvalue weighted by Crippen LogP contribution is -2.39. The molecular weight excluding hydrogens is 338 g/mol. The second-order valence-electron chi connectivity index (χ2n) is 6.94. The minimum atomic E-state index is 0.444. The third-order valence-corrected chi connectivity index (χ3v) is 4.59. The molecule has 0 bridgehead atoms. The lowest BCUT2D eigenvalue weighted by atomic mass is 10.0. The number of benzene rings is 1. The van der Waals surface area contributed by atoms with Crippen molar-refractivity contribution in [2.75, 3.05) is 19.7 Å². The highest BCUT2D eigenvalue weighted by Gasteiger charge is 2.09. The molecule has 1 heterocycles. The Hall–Kier alpha value is -2.50. The van der Waals surface area contributed by atoms with E-state index in [1.54, 1.807) is 0 Å². The molecule has 2 N–H and O–H groups in total. The molecule has 0 aliphatic carbocycles. The van der Waals surface area contributed by atoms with E-state index in [9.17, 15) is 0 Å². The lowest BCUT2D eigenvalue weighted by Gasteiger charge is -2.15. The summed E-state index contributed by atoms with van der Waals surface area (Å²) in [5, 5.41) is 11.1. The normalized spacial score (nSPS) is 11.7. The Labute approximate surface area is 163 Å². The second kappa shape index (κ2) is 10.00. The maximum atomic E-state index is 5.97. The van der Waals surface area contributed by atoms with E-state index in [1.807, 2.05) is 30.8 Å². The average Bonchev–Trinajstić information content (AvgIpc) is 2.88. The third kappa shape index (κ3) is 5.74. The van der Waals surface area contributed by atoms with Crippen LogP contribution in [0.15, 0.2) is 29.3 Å². The van der Waals surface area contributed by atoms with Gasteiger partial charge in [0.25, 0.3) is 0 Å². The number of guanidine groups is 1. The first-order valence-corrected chi connectivity index (χ1v) is 9.67. The van der Waals surface area contributed by atoms with E-state index in [4.69, 9.17) is 9.73 Å². The first-order chi connectivity index (χ1) is 12.9. The van der Waals surface area contributed by atoms with E-state index in [-0.39, 0.29) is 0 Å². The first-order valence-electron chi connectivity index (χ1n) is 9.67. The number of hydrogen-bond acceptors (Lipinski definition) is 3. The van der Waals surface area contributed by atoms with E-state index < -0.39 is 0 Å². The summed E-state index contributed by atoms with van der Waals surface area (Å²) < 4.78 is 7.88. The van der Waals surface area contributed by atoms with Gasteiger partial charge in [-0.05, 0) is 38.3 Å². The molecule has 0 aliphatic rings. The largest absolute Gasteiger partial charge is 0.491 e. The van der Waals surface area contributed by atoms with Crippen LogP contribution in [0.5, 0.6) is 5.75 Å². The van der Waals surface area contributed by atoms with Gasteiger partial charge in [-0.15, -0.1) is 0 Å². The molecule has 1 aromatic heterocycles. The molecule has 6 nitrogen and oxygen atoms in total. The Morgan fingerprint density at radius 3 is 2.59 bits per heavy atom. The highest BCUT2D eigenvalue weighted by Crippen LogP contribution is 2.25. The van der Waals surface area contributed by atoms with Crippen LogP contribution in [0.2, 0.25) is 0 Å².